The minimum absolute atomic E-state index is 0.00196. The minimum Gasteiger partial charge on any atom is -0.381 e. The first-order chi connectivity index (χ1) is 14.5. The number of benzene rings is 1. The summed E-state index contributed by atoms with van der Waals surface area (Å²) in [5.41, 5.74) is 7.28. The quantitative estimate of drug-likeness (QED) is 0.536. The summed E-state index contributed by atoms with van der Waals surface area (Å²) in [5.74, 6) is 3.45. The Morgan fingerprint density at radius 3 is 2.48 bits per heavy atom. The van der Waals surface area contributed by atoms with Gasteiger partial charge in [-0.3, -0.25) is 9.78 Å². The van der Waals surface area contributed by atoms with E-state index in [2.05, 4.69) is 31.8 Å². The van der Waals surface area contributed by atoms with Gasteiger partial charge in [-0.05, 0) is 30.4 Å². The molecule has 0 aliphatic rings. The third-order valence-corrected chi connectivity index (χ3v) is 4.37. The predicted octanol–water partition coefficient (Wildman–Crippen LogP) is 1.46. The molecule has 0 aliphatic carbocycles. The molecule has 0 aliphatic heterocycles. The number of halogens is 3. The molecular formula is C20H15F3N6O2. The lowest BCUT2D eigenvalue weighted by Gasteiger charge is -2.28. The lowest BCUT2D eigenvalue weighted by molar-refractivity contribution is -0.255. The summed E-state index contributed by atoms with van der Waals surface area (Å²) < 4.78 is 40.3. The summed E-state index contributed by atoms with van der Waals surface area (Å²) in [5, 5.41) is 10.1. The zero-order valence-corrected chi connectivity index (χ0v) is 16.0. The molecule has 2 heterocycles. The van der Waals surface area contributed by atoms with Crippen molar-refractivity contribution in [2.24, 2.45) is 5.73 Å². The Hall–Kier alpha value is -4.04. The van der Waals surface area contributed by atoms with E-state index < -0.39 is 23.2 Å². The number of hydrogen-bond donors (Lipinski definition) is 3. The predicted molar refractivity (Wildman–Crippen MR) is 104 cm³/mol. The molecule has 0 saturated carbocycles. The second-order valence-corrected chi connectivity index (χ2v) is 6.43. The van der Waals surface area contributed by atoms with Gasteiger partial charge in [0, 0.05) is 23.5 Å². The number of nitrogens with two attached hydrogens (primary N) is 2. The number of carbonyl (C=O) groups is 1. The van der Waals surface area contributed by atoms with Crippen molar-refractivity contribution in [1.82, 2.24) is 19.9 Å². The third-order valence-electron chi connectivity index (χ3n) is 4.37. The van der Waals surface area contributed by atoms with E-state index in [4.69, 9.17) is 11.5 Å². The van der Waals surface area contributed by atoms with Gasteiger partial charge < -0.3 is 16.6 Å². The van der Waals surface area contributed by atoms with Gasteiger partial charge in [-0.15, -0.1) is 0 Å². The van der Waals surface area contributed by atoms with Crippen LogP contribution in [0.25, 0.3) is 11.3 Å². The Balaban J connectivity index is 2.11. The number of aryl methyl sites for hydroxylation is 1. The highest BCUT2D eigenvalue weighted by molar-refractivity contribution is 5.86. The molecule has 158 valence electrons. The topological polar surface area (TPSA) is 141 Å². The van der Waals surface area contributed by atoms with Crippen LogP contribution in [0.5, 0.6) is 0 Å². The molecular weight excluding hydrogens is 413 g/mol. The van der Waals surface area contributed by atoms with Gasteiger partial charge in [0.15, 0.2) is 11.5 Å². The SMILES string of the molecule is Cc1ccc(C(O)(C(N)=O)C(F)(F)F)cc1-c1cnc(N)c(C#Cc2cnccn2)n1. The number of aliphatic hydroxyl groups is 1. The van der Waals surface area contributed by atoms with Gasteiger partial charge in [-0.2, -0.15) is 13.2 Å². The maximum Gasteiger partial charge on any atom is 0.430 e. The monoisotopic (exact) mass is 428 g/mol. The van der Waals surface area contributed by atoms with Crippen LogP contribution >= 0.6 is 0 Å². The van der Waals surface area contributed by atoms with Crippen LogP contribution in [-0.4, -0.2) is 37.1 Å². The van der Waals surface area contributed by atoms with Gasteiger partial charge in [0.25, 0.3) is 11.5 Å². The van der Waals surface area contributed by atoms with Crippen LogP contribution in [0.15, 0.2) is 43.0 Å². The molecule has 8 nitrogen and oxygen atoms in total. The van der Waals surface area contributed by atoms with Crippen molar-refractivity contribution < 1.29 is 23.1 Å². The van der Waals surface area contributed by atoms with Crippen LogP contribution < -0.4 is 11.5 Å². The summed E-state index contributed by atoms with van der Waals surface area (Å²) in [4.78, 5) is 27.6. The molecule has 0 saturated heterocycles. The van der Waals surface area contributed by atoms with E-state index in [1.165, 1.54) is 30.9 Å². The molecule has 0 fully saturated rings. The number of amides is 1. The van der Waals surface area contributed by atoms with Gasteiger partial charge in [0.1, 0.15) is 5.69 Å². The summed E-state index contributed by atoms with van der Waals surface area (Å²) in [7, 11) is 0. The van der Waals surface area contributed by atoms with Crippen LogP contribution in [-0.2, 0) is 10.4 Å². The molecule has 3 rings (SSSR count). The van der Waals surface area contributed by atoms with Crippen molar-refractivity contribution in [3.8, 4) is 23.1 Å². The van der Waals surface area contributed by atoms with Gasteiger partial charge in [0.2, 0.25) is 0 Å². The molecule has 31 heavy (non-hydrogen) atoms. The second kappa shape index (κ2) is 8.00. The fourth-order valence-electron chi connectivity index (χ4n) is 2.68. The Bertz CT molecular complexity index is 1210. The molecule has 2 aromatic heterocycles. The maximum atomic E-state index is 13.4. The van der Waals surface area contributed by atoms with Gasteiger partial charge >= 0.3 is 6.18 Å². The summed E-state index contributed by atoms with van der Waals surface area (Å²) in [6.45, 7) is 1.61. The number of alkyl halides is 3. The number of aromatic nitrogens is 4. The number of hydrogen-bond acceptors (Lipinski definition) is 7. The first-order valence-corrected chi connectivity index (χ1v) is 8.65. The minimum atomic E-state index is -5.33. The highest BCUT2D eigenvalue weighted by Gasteiger charge is 2.60. The highest BCUT2D eigenvalue weighted by atomic mass is 19.4. The van der Waals surface area contributed by atoms with Gasteiger partial charge in [-0.25, -0.2) is 15.0 Å². The van der Waals surface area contributed by atoms with Crippen LogP contribution in [0, 0.1) is 18.8 Å². The molecule has 11 heteroatoms. The number of nitrogens with zero attached hydrogens (tertiary/aromatic N) is 4. The van der Waals surface area contributed by atoms with E-state index in [9.17, 15) is 23.1 Å². The summed E-state index contributed by atoms with van der Waals surface area (Å²) in [6, 6.07) is 3.25. The molecule has 1 aromatic carbocycles. The number of nitrogen functional groups attached to an aromatic ring is 1. The average molecular weight is 428 g/mol. The molecule has 1 amide bonds. The lowest BCUT2D eigenvalue weighted by atomic mass is 9.89. The molecule has 5 N–H and O–H groups in total. The van der Waals surface area contributed by atoms with Gasteiger partial charge in [-0.1, -0.05) is 12.1 Å². The van der Waals surface area contributed by atoms with E-state index in [1.54, 1.807) is 6.92 Å². The normalized spacial score (nSPS) is 13.1. The number of carbonyl (C=O) groups excluding carboxylic acids is 1. The van der Waals surface area contributed by atoms with E-state index in [1.807, 2.05) is 0 Å². The highest BCUT2D eigenvalue weighted by Crippen LogP contribution is 2.40. The van der Waals surface area contributed by atoms with Crippen LogP contribution in [0.1, 0.15) is 22.5 Å². The van der Waals surface area contributed by atoms with E-state index in [0.29, 0.717) is 11.3 Å². The number of rotatable bonds is 3. The standard InChI is InChI=1S/C20H15F3N6O2/c1-11-2-3-12(19(31,18(25)30)20(21,22)23)8-14(11)16-10-28-17(24)15(29-16)5-4-13-9-26-6-7-27-13/h2-3,6-10,31H,1H3,(H2,24,28)(H2,25,30). The van der Waals surface area contributed by atoms with Crippen LogP contribution in [0.2, 0.25) is 0 Å². The first kappa shape index (κ1) is 21.7. The first-order valence-electron chi connectivity index (χ1n) is 8.65. The fraction of sp³-hybridized carbons (Fsp3) is 0.150. The zero-order chi connectivity index (χ0) is 22.8. The van der Waals surface area contributed by atoms with Crippen molar-refractivity contribution in [2.75, 3.05) is 5.73 Å². The third kappa shape index (κ3) is 4.15. The Labute approximate surface area is 174 Å². The Morgan fingerprint density at radius 2 is 1.87 bits per heavy atom. The maximum absolute atomic E-state index is 13.4. The summed E-state index contributed by atoms with van der Waals surface area (Å²) in [6.07, 6.45) is 0.266. The van der Waals surface area contributed by atoms with Crippen molar-refractivity contribution in [3.05, 3.63) is 65.5 Å². The molecule has 3 aromatic rings. The molecule has 1 atom stereocenters. The van der Waals surface area contributed by atoms with Crippen molar-refractivity contribution in [1.29, 1.82) is 0 Å². The fourth-order valence-corrected chi connectivity index (χ4v) is 2.68. The zero-order valence-electron chi connectivity index (χ0n) is 16.0. The Morgan fingerprint density at radius 1 is 1.13 bits per heavy atom. The van der Waals surface area contributed by atoms with E-state index in [-0.39, 0.29) is 22.8 Å². The molecule has 0 bridgehead atoms. The van der Waals surface area contributed by atoms with E-state index in [0.717, 1.165) is 12.1 Å². The number of primary amides is 1. The second-order valence-electron chi connectivity index (χ2n) is 6.43. The van der Waals surface area contributed by atoms with Gasteiger partial charge in [0.05, 0.1) is 18.1 Å². The van der Waals surface area contributed by atoms with Crippen molar-refractivity contribution in [2.45, 2.75) is 18.7 Å². The van der Waals surface area contributed by atoms with Crippen molar-refractivity contribution >= 4 is 11.7 Å². The van der Waals surface area contributed by atoms with Crippen LogP contribution in [0.3, 0.4) is 0 Å². The molecule has 0 radical (unpaired) electrons. The molecule has 1 unspecified atom stereocenters. The Kier molecular flexibility index (Phi) is 5.59. The summed E-state index contributed by atoms with van der Waals surface area (Å²) >= 11 is 0. The average Bonchev–Trinajstić information content (AvgIpc) is 2.73. The van der Waals surface area contributed by atoms with Crippen molar-refractivity contribution in [3.63, 3.8) is 0 Å². The lowest BCUT2D eigenvalue weighted by Crippen LogP contribution is -2.52. The molecule has 0 spiro atoms. The largest absolute Gasteiger partial charge is 0.430 e. The smallest absolute Gasteiger partial charge is 0.381 e. The van der Waals surface area contributed by atoms with Crippen LogP contribution in [0.4, 0.5) is 19.0 Å². The number of anilines is 1. The van der Waals surface area contributed by atoms with E-state index >= 15 is 0 Å².